The summed E-state index contributed by atoms with van der Waals surface area (Å²) in [5.74, 6) is 0.398. The number of carbonyl (C=O) groups is 1. The fraction of sp³-hybridized carbons (Fsp3) is 0.304. The SMILES string of the molecule is Cc1nc(-c2ccncc2)[nH]c(=O)c1CCC(=O)N1CCN(c2ccc(Cl)cc2[N+](=O)[O-])CC1. The Balaban J connectivity index is 1.37. The van der Waals surface area contributed by atoms with E-state index in [1.165, 1.54) is 6.07 Å². The second-order valence-corrected chi connectivity index (χ2v) is 8.41. The number of aryl methyl sites for hydroxylation is 1. The Morgan fingerprint density at radius 2 is 1.88 bits per heavy atom. The van der Waals surface area contributed by atoms with E-state index in [1.807, 2.05) is 4.90 Å². The van der Waals surface area contributed by atoms with Crippen LogP contribution in [0.5, 0.6) is 0 Å². The van der Waals surface area contributed by atoms with Crippen LogP contribution in [0.2, 0.25) is 5.02 Å². The molecule has 4 rings (SSSR count). The Morgan fingerprint density at radius 1 is 1.18 bits per heavy atom. The highest BCUT2D eigenvalue weighted by molar-refractivity contribution is 6.30. The summed E-state index contributed by atoms with van der Waals surface area (Å²) < 4.78 is 0. The Bertz CT molecular complexity index is 1270. The maximum absolute atomic E-state index is 12.8. The highest BCUT2D eigenvalue weighted by Crippen LogP contribution is 2.31. The number of aromatic nitrogens is 3. The topological polar surface area (TPSA) is 125 Å². The number of aromatic amines is 1. The van der Waals surface area contributed by atoms with Crippen molar-refractivity contribution in [3.8, 4) is 11.4 Å². The first kappa shape index (κ1) is 23.4. The van der Waals surface area contributed by atoms with E-state index in [4.69, 9.17) is 11.6 Å². The molecule has 2 aromatic heterocycles. The number of rotatable bonds is 6. The molecule has 3 heterocycles. The molecular formula is C23H23ClN6O4. The van der Waals surface area contributed by atoms with E-state index in [9.17, 15) is 19.7 Å². The van der Waals surface area contributed by atoms with Crippen molar-refractivity contribution in [2.24, 2.45) is 0 Å². The first-order valence-electron chi connectivity index (χ1n) is 10.8. The minimum atomic E-state index is -0.452. The van der Waals surface area contributed by atoms with Crippen LogP contribution in [0.3, 0.4) is 0 Å². The van der Waals surface area contributed by atoms with Crippen LogP contribution in [-0.4, -0.2) is 56.9 Å². The summed E-state index contributed by atoms with van der Waals surface area (Å²) in [6.45, 7) is 3.57. The third-order valence-electron chi connectivity index (χ3n) is 5.87. The molecule has 1 aliphatic rings. The van der Waals surface area contributed by atoms with Crippen LogP contribution >= 0.6 is 11.6 Å². The zero-order valence-electron chi connectivity index (χ0n) is 18.5. The van der Waals surface area contributed by atoms with Crippen LogP contribution in [0, 0.1) is 17.0 Å². The van der Waals surface area contributed by atoms with E-state index < -0.39 is 4.92 Å². The summed E-state index contributed by atoms with van der Waals surface area (Å²) in [5, 5.41) is 11.7. The summed E-state index contributed by atoms with van der Waals surface area (Å²) in [4.78, 5) is 51.2. The largest absolute Gasteiger partial charge is 0.362 e. The van der Waals surface area contributed by atoms with Crippen LogP contribution in [0.4, 0.5) is 11.4 Å². The predicted octanol–water partition coefficient (Wildman–Crippen LogP) is 2.98. The average molecular weight is 483 g/mol. The lowest BCUT2D eigenvalue weighted by Gasteiger charge is -2.36. The van der Waals surface area contributed by atoms with Crippen molar-refractivity contribution < 1.29 is 9.72 Å². The summed E-state index contributed by atoms with van der Waals surface area (Å²) in [7, 11) is 0. The fourth-order valence-corrected chi connectivity index (χ4v) is 4.21. The first-order chi connectivity index (χ1) is 16.3. The maximum Gasteiger partial charge on any atom is 0.294 e. The van der Waals surface area contributed by atoms with Gasteiger partial charge in [-0.05, 0) is 37.6 Å². The number of amides is 1. The molecule has 0 aliphatic carbocycles. The van der Waals surface area contributed by atoms with Gasteiger partial charge in [0.25, 0.3) is 11.2 Å². The third kappa shape index (κ3) is 5.07. The highest BCUT2D eigenvalue weighted by Gasteiger charge is 2.26. The lowest BCUT2D eigenvalue weighted by atomic mass is 10.1. The molecule has 0 bridgehead atoms. The Kier molecular flexibility index (Phi) is 6.87. The van der Waals surface area contributed by atoms with Crippen molar-refractivity contribution in [2.75, 3.05) is 31.1 Å². The number of hydrogen-bond donors (Lipinski definition) is 1. The second kappa shape index (κ2) is 10.0. The number of hydrogen-bond acceptors (Lipinski definition) is 7. The normalized spacial score (nSPS) is 13.7. The third-order valence-corrected chi connectivity index (χ3v) is 6.11. The average Bonchev–Trinajstić information content (AvgIpc) is 2.84. The molecule has 34 heavy (non-hydrogen) atoms. The van der Waals surface area contributed by atoms with Crippen LogP contribution in [0.25, 0.3) is 11.4 Å². The fourth-order valence-electron chi connectivity index (χ4n) is 4.05. The van der Waals surface area contributed by atoms with Gasteiger partial charge in [0, 0.05) is 72.9 Å². The van der Waals surface area contributed by atoms with Crippen LogP contribution in [0.15, 0.2) is 47.5 Å². The van der Waals surface area contributed by atoms with Gasteiger partial charge in [-0.25, -0.2) is 4.98 Å². The van der Waals surface area contributed by atoms with Gasteiger partial charge in [0.1, 0.15) is 11.5 Å². The lowest BCUT2D eigenvalue weighted by molar-refractivity contribution is -0.384. The molecule has 1 fully saturated rings. The molecule has 1 saturated heterocycles. The lowest BCUT2D eigenvalue weighted by Crippen LogP contribution is -2.49. The number of halogens is 1. The van der Waals surface area contributed by atoms with Gasteiger partial charge in [0.05, 0.1) is 4.92 Å². The van der Waals surface area contributed by atoms with Gasteiger partial charge in [0.15, 0.2) is 0 Å². The Labute approximate surface area is 200 Å². The molecular weight excluding hydrogens is 460 g/mol. The molecule has 11 heteroatoms. The smallest absolute Gasteiger partial charge is 0.294 e. The van der Waals surface area contributed by atoms with Crippen molar-refractivity contribution >= 4 is 28.9 Å². The quantitative estimate of drug-likeness (QED) is 0.422. The minimum absolute atomic E-state index is 0.0512. The van der Waals surface area contributed by atoms with Gasteiger partial charge in [-0.1, -0.05) is 11.6 Å². The molecule has 0 spiro atoms. The van der Waals surface area contributed by atoms with E-state index in [1.54, 1.807) is 48.5 Å². The van der Waals surface area contributed by atoms with Crippen LogP contribution in [0.1, 0.15) is 17.7 Å². The van der Waals surface area contributed by atoms with Gasteiger partial charge in [-0.3, -0.25) is 24.7 Å². The summed E-state index contributed by atoms with van der Waals surface area (Å²) in [5.41, 5.74) is 2.02. The van der Waals surface area contributed by atoms with E-state index in [0.717, 1.165) is 5.56 Å². The predicted molar refractivity (Wildman–Crippen MR) is 128 cm³/mol. The summed E-state index contributed by atoms with van der Waals surface area (Å²) in [6.07, 6.45) is 3.72. The van der Waals surface area contributed by atoms with Crippen molar-refractivity contribution in [2.45, 2.75) is 19.8 Å². The van der Waals surface area contributed by atoms with E-state index >= 15 is 0 Å². The van der Waals surface area contributed by atoms with Gasteiger partial charge in [-0.15, -0.1) is 0 Å². The first-order valence-corrected chi connectivity index (χ1v) is 11.2. The van der Waals surface area contributed by atoms with Crippen LogP contribution < -0.4 is 10.5 Å². The molecule has 0 unspecified atom stereocenters. The molecule has 10 nitrogen and oxygen atoms in total. The number of nitro groups is 1. The molecule has 0 saturated carbocycles. The van der Waals surface area contributed by atoms with Crippen LogP contribution in [-0.2, 0) is 11.2 Å². The number of pyridine rings is 1. The number of nitro benzene ring substituents is 1. The number of piperazine rings is 1. The highest BCUT2D eigenvalue weighted by atomic mass is 35.5. The van der Waals surface area contributed by atoms with Gasteiger partial charge >= 0.3 is 0 Å². The Hall–Kier alpha value is -3.79. The van der Waals surface area contributed by atoms with E-state index in [-0.39, 0.29) is 30.0 Å². The second-order valence-electron chi connectivity index (χ2n) is 7.97. The number of nitrogens with one attached hydrogen (secondary N) is 1. The van der Waals surface area contributed by atoms with Crippen molar-refractivity contribution in [3.05, 3.63) is 79.5 Å². The molecule has 3 aromatic rings. The number of nitrogens with zero attached hydrogens (tertiary/aromatic N) is 5. The zero-order valence-corrected chi connectivity index (χ0v) is 19.3. The molecule has 0 radical (unpaired) electrons. The summed E-state index contributed by atoms with van der Waals surface area (Å²) >= 11 is 5.90. The van der Waals surface area contributed by atoms with Gasteiger partial charge < -0.3 is 14.8 Å². The number of benzene rings is 1. The van der Waals surface area contributed by atoms with E-state index in [2.05, 4.69) is 15.0 Å². The zero-order chi connectivity index (χ0) is 24.2. The Morgan fingerprint density at radius 3 is 2.53 bits per heavy atom. The molecule has 1 aromatic carbocycles. The number of H-pyrrole nitrogens is 1. The van der Waals surface area contributed by atoms with Crippen molar-refractivity contribution in [1.82, 2.24) is 19.9 Å². The van der Waals surface area contributed by atoms with Gasteiger partial charge in [-0.2, -0.15) is 0 Å². The van der Waals surface area contributed by atoms with Crippen molar-refractivity contribution in [1.29, 1.82) is 0 Å². The minimum Gasteiger partial charge on any atom is -0.362 e. The molecule has 1 amide bonds. The molecule has 0 atom stereocenters. The monoisotopic (exact) mass is 482 g/mol. The maximum atomic E-state index is 12.8. The van der Waals surface area contributed by atoms with Crippen molar-refractivity contribution in [3.63, 3.8) is 0 Å². The molecule has 1 aliphatic heterocycles. The van der Waals surface area contributed by atoms with Gasteiger partial charge in [0.2, 0.25) is 5.91 Å². The van der Waals surface area contributed by atoms with E-state index in [0.29, 0.717) is 54.0 Å². The standard InChI is InChI=1S/C23H23ClN6O4/c1-15-18(23(32)27-22(26-15)16-6-8-25-9-7-16)3-5-21(31)29-12-10-28(11-13-29)19-4-2-17(24)14-20(19)30(33)34/h2,4,6-9,14H,3,5,10-13H2,1H3,(H,26,27,32). The molecule has 176 valence electrons. The summed E-state index contributed by atoms with van der Waals surface area (Å²) in [6, 6.07) is 8.12. The number of carbonyl (C=O) groups excluding carboxylic acids is 1. The number of anilines is 1. The molecule has 1 N–H and O–H groups in total.